The number of hydrogen-bond acceptors (Lipinski definition) is 0. The van der Waals surface area contributed by atoms with E-state index in [0.717, 1.165) is 11.8 Å². The third-order valence-corrected chi connectivity index (χ3v) is 4.33. The first-order chi connectivity index (χ1) is 9.12. The standard InChI is InChI=1S/C19H32/c1-6-9-15(4)13-17(8-3)19-12-11-16(5)18(14-19)10-7-2/h11-12,14-15,17H,6-10,13H2,1-5H3/t15-,17-/m0/s1. The third-order valence-electron chi connectivity index (χ3n) is 4.33. The average Bonchev–Trinajstić information content (AvgIpc) is 2.39. The molecule has 0 saturated heterocycles. The van der Waals surface area contributed by atoms with E-state index >= 15 is 0 Å². The van der Waals surface area contributed by atoms with E-state index in [-0.39, 0.29) is 0 Å². The summed E-state index contributed by atoms with van der Waals surface area (Å²) in [6, 6.07) is 7.17. The molecule has 0 aliphatic heterocycles. The molecule has 0 spiro atoms. The van der Waals surface area contributed by atoms with Crippen molar-refractivity contribution >= 4 is 0 Å². The molecule has 0 unspecified atom stereocenters. The fraction of sp³-hybridized carbons (Fsp3) is 0.684. The molecule has 2 atom stereocenters. The van der Waals surface area contributed by atoms with Crippen LogP contribution in [0.4, 0.5) is 0 Å². The van der Waals surface area contributed by atoms with Crippen molar-refractivity contribution in [2.24, 2.45) is 5.92 Å². The van der Waals surface area contributed by atoms with Crippen molar-refractivity contribution < 1.29 is 0 Å². The molecule has 0 radical (unpaired) electrons. The first-order valence-electron chi connectivity index (χ1n) is 8.21. The van der Waals surface area contributed by atoms with Crippen LogP contribution in [0.2, 0.25) is 0 Å². The molecule has 19 heavy (non-hydrogen) atoms. The third kappa shape index (κ3) is 5.01. The van der Waals surface area contributed by atoms with Gasteiger partial charge in [0, 0.05) is 0 Å². The maximum atomic E-state index is 2.48. The fourth-order valence-electron chi connectivity index (χ4n) is 3.12. The Morgan fingerprint density at radius 3 is 2.37 bits per heavy atom. The predicted molar refractivity (Wildman–Crippen MR) is 86.9 cm³/mol. The van der Waals surface area contributed by atoms with Crippen LogP contribution in [0.1, 0.15) is 82.4 Å². The summed E-state index contributed by atoms with van der Waals surface area (Å²) in [7, 11) is 0. The van der Waals surface area contributed by atoms with Gasteiger partial charge in [-0.1, -0.05) is 65.2 Å². The zero-order valence-electron chi connectivity index (χ0n) is 13.6. The van der Waals surface area contributed by atoms with Gasteiger partial charge in [-0.25, -0.2) is 0 Å². The minimum Gasteiger partial charge on any atom is -0.0654 e. The van der Waals surface area contributed by atoms with Crippen molar-refractivity contribution in [2.75, 3.05) is 0 Å². The number of rotatable bonds is 8. The largest absolute Gasteiger partial charge is 0.0654 e. The first-order valence-corrected chi connectivity index (χ1v) is 8.21. The number of hydrogen-bond donors (Lipinski definition) is 0. The molecule has 1 aromatic rings. The van der Waals surface area contributed by atoms with Gasteiger partial charge in [-0.15, -0.1) is 0 Å². The van der Waals surface area contributed by atoms with E-state index in [0.29, 0.717) is 0 Å². The quantitative estimate of drug-likeness (QED) is 0.517. The highest BCUT2D eigenvalue weighted by molar-refractivity contribution is 5.33. The fourth-order valence-corrected chi connectivity index (χ4v) is 3.12. The summed E-state index contributed by atoms with van der Waals surface area (Å²) in [6.45, 7) is 11.6. The summed E-state index contributed by atoms with van der Waals surface area (Å²) in [4.78, 5) is 0. The Morgan fingerprint density at radius 1 is 1.05 bits per heavy atom. The summed E-state index contributed by atoms with van der Waals surface area (Å²) < 4.78 is 0. The van der Waals surface area contributed by atoms with Gasteiger partial charge in [0.2, 0.25) is 0 Å². The average molecular weight is 260 g/mol. The molecule has 0 amide bonds. The van der Waals surface area contributed by atoms with Crippen molar-refractivity contribution in [1.29, 1.82) is 0 Å². The zero-order valence-corrected chi connectivity index (χ0v) is 13.6. The summed E-state index contributed by atoms with van der Waals surface area (Å²) in [5, 5.41) is 0. The lowest BCUT2D eigenvalue weighted by Crippen LogP contribution is -2.05. The SMILES string of the molecule is CCCc1cc([C@@H](CC)C[C@@H](C)CCC)ccc1C. The minimum absolute atomic E-state index is 0.748. The van der Waals surface area contributed by atoms with Crippen molar-refractivity contribution in [1.82, 2.24) is 0 Å². The van der Waals surface area contributed by atoms with Crippen molar-refractivity contribution in [3.63, 3.8) is 0 Å². The normalized spacial score (nSPS) is 14.4. The Labute approximate surface area is 120 Å². The monoisotopic (exact) mass is 260 g/mol. The van der Waals surface area contributed by atoms with Crippen LogP contribution in [0.15, 0.2) is 18.2 Å². The maximum absolute atomic E-state index is 2.48. The second kappa shape index (κ2) is 8.40. The molecule has 0 fully saturated rings. The highest BCUT2D eigenvalue weighted by Gasteiger charge is 2.14. The summed E-state index contributed by atoms with van der Waals surface area (Å²) >= 11 is 0. The van der Waals surface area contributed by atoms with Gasteiger partial charge < -0.3 is 0 Å². The van der Waals surface area contributed by atoms with Gasteiger partial charge in [-0.3, -0.25) is 0 Å². The Morgan fingerprint density at radius 2 is 1.79 bits per heavy atom. The van der Waals surface area contributed by atoms with Gasteiger partial charge in [0.05, 0.1) is 0 Å². The van der Waals surface area contributed by atoms with E-state index in [9.17, 15) is 0 Å². The van der Waals surface area contributed by atoms with Gasteiger partial charge in [-0.2, -0.15) is 0 Å². The molecule has 0 heteroatoms. The predicted octanol–water partition coefficient (Wildman–Crippen LogP) is 6.27. The van der Waals surface area contributed by atoms with Crippen molar-refractivity contribution in [2.45, 2.75) is 79.1 Å². The van der Waals surface area contributed by atoms with Crippen molar-refractivity contribution in [3.05, 3.63) is 34.9 Å². The second-order valence-corrected chi connectivity index (χ2v) is 6.17. The highest BCUT2D eigenvalue weighted by Crippen LogP contribution is 2.30. The van der Waals surface area contributed by atoms with Gasteiger partial charge >= 0.3 is 0 Å². The molecule has 108 valence electrons. The van der Waals surface area contributed by atoms with Crippen LogP contribution in [0, 0.1) is 12.8 Å². The number of benzene rings is 1. The van der Waals surface area contributed by atoms with E-state index in [1.165, 1.54) is 44.1 Å². The van der Waals surface area contributed by atoms with Crippen molar-refractivity contribution in [3.8, 4) is 0 Å². The summed E-state index contributed by atoms with van der Waals surface area (Å²) in [6.07, 6.45) is 7.76. The van der Waals surface area contributed by atoms with Crippen LogP contribution in [0.3, 0.4) is 0 Å². The second-order valence-electron chi connectivity index (χ2n) is 6.17. The topological polar surface area (TPSA) is 0 Å². The maximum Gasteiger partial charge on any atom is -0.0162 e. The lowest BCUT2D eigenvalue weighted by molar-refractivity contribution is 0.428. The van der Waals surface area contributed by atoms with Crippen LogP contribution in [-0.2, 0) is 6.42 Å². The molecular formula is C19H32. The molecule has 0 aliphatic rings. The number of aryl methyl sites for hydroxylation is 2. The van der Waals surface area contributed by atoms with E-state index in [1.807, 2.05) is 0 Å². The van der Waals surface area contributed by atoms with E-state index in [4.69, 9.17) is 0 Å². The first kappa shape index (κ1) is 16.3. The summed E-state index contributed by atoms with van der Waals surface area (Å²) in [5.41, 5.74) is 4.59. The molecule has 0 heterocycles. The van der Waals surface area contributed by atoms with Gasteiger partial charge in [-0.05, 0) is 54.7 Å². The molecule has 0 bridgehead atoms. The Hall–Kier alpha value is -0.780. The van der Waals surface area contributed by atoms with E-state index in [1.54, 1.807) is 11.1 Å². The van der Waals surface area contributed by atoms with E-state index in [2.05, 4.69) is 52.8 Å². The van der Waals surface area contributed by atoms with E-state index < -0.39 is 0 Å². The molecule has 0 nitrogen and oxygen atoms in total. The van der Waals surface area contributed by atoms with Gasteiger partial charge in [0.15, 0.2) is 0 Å². The highest BCUT2D eigenvalue weighted by atomic mass is 14.2. The molecule has 0 aromatic heterocycles. The van der Waals surface area contributed by atoms with Crippen LogP contribution < -0.4 is 0 Å². The van der Waals surface area contributed by atoms with Crippen LogP contribution in [0.25, 0.3) is 0 Å². The van der Waals surface area contributed by atoms with Crippen LogP contribution >= 0.6 is 0 Å². The van der Waals surface area contributed by atoms with Gasteiger partial charge in [0.1, 0.15) is 0 Å². The minimum atomic E-state index is 0.748. The van der Waals surface area contributed by atoms with Crippen LogP contribution in [0.5, 0.6) is 0 Å². The lowest BCUT2D eigenvalue weighted by Gasteiger charge is -2.21. The Balaban J connectivity index is 2.82. The molecule has 0 N–H and O–H groups in total. The molecular weight excluding hydrogens is 228 g/mol. The van der Waals surface area contributed by atoms with Crippen LogP contribution in [-0.4, -0.2) is 0 Å². The zero-order chi connectivity index (χ0) is 14.3. The Kier molecular flexibility index (Phi) is 7.20. The lowest BCUT2D eigenvalue weighted by atomic mass is 9.84. The molecule has 0 saturated carbocycles. The summed E-state index contributed by atoms with van der Waals surface area (Å²) in [5.74, 6) is 1.60. The Bertz CT molecular complexity index is 364. The molecule has 1 aromatic carbocycles. The smallest absolute Gasteiger partial charge is 0.0162 e. The molecule has 1 rings (SSSR count). The molecule has 0 aliphatic carbocycles. The van der Waals surface area contributed by atoms with Gasteiger partial charge in [0.25, 0.3) is 0 Å².